The first-order chi connectivity index (χ1) is 14.1. The number of hydrogen-bond acceptors (Lipinski definition) is 2. The van der Waals surface area contributed by atoms with E-state index in [0.717, 1.165) is 34.4 Å². The summed E-state index contributed by atoms with van der Waals surface area (Å²) in [5.74, 6) is 0.768. The van der Waals surface area contributed by atoms with Gasteiger partial charge in [0, 0.05) is 34.0 Å². The van der Waals surface area contributed by atoms with E-state index < -0.39 is 0 Å². The van der Waals surface area contributed by atoms with Crippen LogP contribution in [0.4, 0.5) is 10.5 Å². The number of rotatable bonds is 5. The summed E-state index contributed by atoms with van der Waals surface area (Å²) in [6, 6.07) is 20.0. The number of urea groups is 1. The summed E-state index contributed by atoms with van der Waals surface area (Å²) in [4.78, 5) is 12.3. The molecule has 0 fully saturated rings. The molecule has 0 unspecified atom stereocenters. The number of nitrogens with zero attached hydrogens (tertiary/aromatic N) is 1. The molecule has 1 aromatic heterocycles. The van der Waals surface area contributed by atoms with Crippen LogP contribution in [0.1, 0.15) is 18.1 Å². The Bertz CT molecular complexity index is 1190. The maximum absolute atomic E-state index is 12.3. The second-order valence-corrected chi connectivity index (χ2v) is 7.18. The van der Waals surface area contributed by atoms with Crippen LogP contribution in [0.2, 0.25) is 0 Å². The number of nitrogens with one attached hydrogen (secondary N) is 2. The lowest BCUT2D eigenvalue weighted by atomic mass is 10.1. The maximum Gasteiger partial charge on any atom is 0.321 e. The third-order valence-corrected chi connectivity index (χ3v) is 5.14. The molecular formula is C24H25N3O2. The molecule has 148 valence electrons. The highest BCUT2D eigenvalue weighted by molar-refractivity contribution is 6.09. The largest absolute Gasteiger partial charge is 0.473 e. The Morgan fingerprint density at radius 1 is 0.966 bits per heavy atom. The summed E-state index contributed by atoms with van der Waals surface area (Å²) in [6.45, 7) is 7.17. The Balaban J connectivity index is 1.46. The first-order valence-corrected chi connectivity index (χ1v) is 9.82. The number of aryl methyl sites for hydroxylation is 3. The summed E-state index contributed by atoms with van der Waals surface area (Å²) >= 11 is 0. The van der Waals surface area contributed by atoms with Crippen LogP contribution in [-0.2, 0) is 6.54 Å². The fourth-order valence-corrected chi connectivity index (χ4v) is 3.79. The third kappa shape index (κ3) is 3.76. The number of ether oxygens (including phenoxy) is 1. The number of carbonyl (C=O) groups is 1. The Kier molecular flexibility index (Phi) is 5.12. The molecule has 2 N–H and O–H groups in total. The zero-order chi connectivity index (χ0) is 20.4. The molecule has 4 aromatic rings. The van der Waals surface area contributed by atoms with E-state index in [2.05, 4.69) is 52.5 Å². The highest BCUT2D eigenvalue weighted by atomic mass is 16.5. The van der Waals surface area contributed by atoms with Crippen LogP contribution in [0.3, 0.4) is 0 Å². The van der Waals surface area contributed by atoms with Gasteiger partial charge in [0.25, 0.3) is 0 Å². The molecule has 29 heavy (non-hydrogen) atoms. The van der Waals surface area contributed by atoms with Crippen LogP contribution in [0.15, 0.2) is 60.7 Å². The number of fused-ring (bicyclic) bond motifs is 3. The Hall–Kier alpha value is -3.47. The highest BCUT2D eigenvalue weighted by Crippen LogP contribution is 2.30. The minimum Gasteiger partial charge on any atom is -0.473 e. The number of para-hydroxylation sites is 1. The molecule has 0 saturated heterocycles. The van der Waals surface area contributed by atoms with Gasteiger partial charge in [0.15, 0.2) is 6.73 Å². The topological polar surface area (TPSA) is 55.3 Å². The van der Waals surface area contributed by atoms with Crippen molar-refractivity contribution in [3.8, 4) is 5.75 Å². The van der Waals surface area contributed by atoms with Gasteiger partial charge in [0.1, 0.15) is 5.75 Å². The van der Waals surface area contributed by atoms with Gasteiger partial charge in [-0.15, -0.1) is 0 Å². The van der Waals surface area contributed by atoms with Gasteiger partial charge in [0.2, 0.25) is 0 Å². The van der Waals surface area contributed by atoms with Gasteiger partial charge in [-0.1, -0.05) is 35.9 Å². The summed E-state index contributed by atoms with van der Waals surface area (Å²) in [6.07, 6.45) is 0. The van der Waals surface area contributed by atoms with Crippen molar-refractivity contribution in [2.45, 2.75) is 27.3 Å². The molecule has 5 nitrogen and oxygen atoms in total. The SMILES string of the molecule is CCn1c2ccccc2c2cc(NC(=O)NCOc3ccc(C)cc3C)ccc21. The summed E-state index contributed by atoms with van der Waals surface area (Å²) in [7, 11) is 0. The van der Waals surface area contributed by atoms with E-state index in [-0.39, 0.29) is 12.8 Å². The Morgan fingerprint density at radius 3 is 2.55 bits per heavy atom. The van der Waals surface area contributed by atoms with Crippen LogP contribution in [0, 0.1) is 13.8 Å². The monoisotopic (exact) mass is 387 g/mol. The van der Waals surface area contributed by atoms with Crippen molar-refractivity contribution < 1.29 is 9.53 Å². The number of anilines is 1. The van der Waals surface area contributed by atoms with E-state index in [0.29, 0.717) is 0 Å². The zero-order valence-corrected chi connectivity index (χ0v) is 17.0. The van der Waals surface area contributed by atoms with Crippen LogP contribution in [0.25, 0.3) is 21.8 Å². The van der Waals surface area contributed by atoms with Crippen molar-refractivity contribution in [1.82, 2.24) is 9.88 Å². The zero-order valence-electron chi connectivity index (χ0n) is 17.0. The van der Waals surface area contributed by atoms with E-state index in [4.69, 9.17) is 4.74 Å². The van der Waals surface area contributed by atoms with Crippen molar-refractivity contribution in [3.63, 3.8) is 0 Å². The summed E-state index contributed by atoms with van der Waals surface area (Å²) in [5, 5.41) is 7.96. The molecule has 0 bridgehead atoms. The second-order valence-electron chi connectivity index (χ2n) is 7.18. The Morgan fingerprint density at radius 2 is 1.76 bits per heavy atom. The average molecular weight is 387 g/mol. The maximum atomic E-state index is 12.3. The number of hydrogen-bond donors (Lipinski definition) is 2. The third-order valence-electron chi connectivity index (χ3n) is 5.14. The predicted molar refractivity (Wildman–Crippen MR) is 119 cm³/mol. The van der Waals surface area contributed by atoms with Gasteiger partial charge in [-0.2, -0.15) is 0 Å². The molecule has 0 saturated carbocycles. The average Bonchev–Trinajstić information content (AvgIpc) is 3.03. The van der Waals surface area contributed by atoms with Gasteiger partial charge in [-0.25, -0.2) is 4.79 Å². The molecule has 2 amide bonds. The first kappa shape index (κ1) is 18.9. The van der Waals surface area contributed by atoms with Crippen LogP contribution in [0.5, 0.6) is 5.75 Å². The molecule has 0 atom stereocenters. The second kappa shape index (κ2) is 7.87. The van der Waals surface area contributed by atoms with Crippen LogP contribution >= 0.6 is 0 Å². The molecule has 0 spiro atoms. The van der Waals surface area contributed by atoms with E-state index in [1.54, 1.807) is 0 Å². The standard InChI is InChI=1S/C24H25N3O2/c1-4-27-21-8-6-5-7-19(21)20-14-18(10-11-22(20)27)26-24(28)25-15-29-23-12-9-16(2)13-17(23)3/h5-14H,4,15H2,1-3H3,(H2,25,26,28). The van der Waals surface area contributed by atoms with Crippen molar-refractivity contribution in [2.75, 3.05) is 12.0 Å². The first-order valence-electron chi connectivity index (χ1n) is 9.82. The fraction of sp³-hybridized carbons (Fsp3) is 0.208. The minimum atomic E-state index is -0.298. The van der Waals surface area contributed by atoms with Gasteiger partial charge < -0.3 is 19.9 Å². The van der Waals surface area contributed by atoms with Gasteiger partial charge in [-0.05, 0) is 56.7 Å². The molecule has 0 radical (unpaired) electrons. The molecule has 4 rings (SSSR count). The molecule has 0 aliphatic carbocycles. The van der Waals surface area contributed by atoms with Crippen LogP contribution in [-0.4, -0.2) is 17.3 Å². The molecule has 0 aliphatic rings. The Labute approximate surface area is 170 Å². The van der Waals surface area contributed by atoms with Crippen molar-refractivity contribution >= 4 is 33.5 Å². The van der Waals surface area contributed by atoms with Crippen molar-refractivity contribution in [2.24, 2.45) is 0 Å². The van der Waals surface area contributed by atoms with Crippen molar-refractivity contribution in [3.05, 3.63) is 71.8 Å². The lowest BCUT2D eigenvalue weighted by molar-refractivity contribution is 0.234. The highest BCUT2D eigenvalue weighted by Gasteiger charge is 2.10. The van der Waals surface area contributed by atoms with E-state index in [1.165, 1.54) is 16.5 Å². The van der Waals surface area contributed by atoms with Gasteiger partial charge in [-0.3, -0.25) is 0 Å². The molecule has 0 aliphatic heterocycles. The number of carbonyl (C=O) groups excluding carboxylic acids is 1. The smallest absolute Gasteiger partial charge is 0.321 e. The van der Waals surface area contributed by atoms with Gasteiger partial charge >= 0.3 is 6.03 Å². The number of benzene rings is 3. The molecule has 1 heterocycles. The summed E-state index contributed by atoms with van der Waals surface area (Å²) < 4.78 is 7.95. The lowest BCUT2D eigenvalue weighted by Crippen LogP contribution is -2.32. The number of amides is 2. The lowest BCUT2D eigenvalue weighted by Gasteiger charge is -2.12. The van der Waals surface area contributed by atoms with E-state index >= 15 is 0 Å². The van der Waals surface area contributed by atoms with E-state index in [1.807, 2.05) is 44.2 Å². The van der Waals surface area contributed by atoms with Crippen molar-refractivity contribution in [1.29, 1.82) is 0 Å². The number of aromatic nitrogens is 1. The molecule has 3 aromatic carbocycles. The van der Waals surface area contributed by atoms with Gasteiger partial charge in [0.05, 0.1) is 0 Å². The molecule has 5 heteroatoms. The fourth-order valence-electron chi connectivity index (χ4n) is 3.79. The minimum absolute atomic E-state index is 0.104. The normalized spacial score (nSPS) is 11.0. The predicted octanol–water partition coefficient (Wildman–Crippen LogP) is 5.59. The summed E-state index contributed by atoms with van der Waals surface area (Å²) in [5.41, 5.74) is 5.34. The van der Waals surface area contributed by atoms with E-state index in [9.17, 15) is 4.79 Å². The quantitative estimate of drug-likeness (QED) is 0.439. The molecular weight excluding hydrogens is 362 g/mol. The van der Waals surface area contributed by atoms with Crippen LogP contribution < -0.4 is 15.4 Å².